The normalized spacial score (nSPS) is 15.4. The van der Waals surface area contributed by atoms with Crippen molar-refractivity contribution in [3.8, 4) is 0 Å². The standard InChI is InChI=1S/C10H19N3O/c1-3-4-9(11)10(7-14)13-6-5-12-8(13)2/h5-6,9-10,14H,3-4,7,11H2,1-2H3. The molecule has 0 aliphatic heterocycles. The Morgan fingerprint density at radius 2 is 2.36 bits per heavy atom. The van der Waals surface area contributed by atoms with E-state index in [4.69, 9.17) is 5.73 Å². The highest BCUT2D eigenvalue weighted by Crippen LogP contribution is 2.15. The Kier molecular flexibility index (Phi) is 4.10. The van der Waals surface area contributed by atoms with Gasteiger partial charge in [-0.1, -0.05) is 13.3 Å². The molecule has 0 aliphatic rings. The molecule has 1 heterocycles. The highest BCUT2D eigenvalue weighted by atomic mass is 16.3. The average Bonchev–Trinajstić information content (AvgIpc) is 2.54. The number of aliphatic hydroxyl groups excluding tert-OH is 1. The van der Waals surface area contributed by atoms with E-state index < -0.39 is 0 Å². The van der Waals surface area contributed by atoms with Crippen LogP contribution in [0.25, 0.3) is 0 Å². The molecular formula is C10H19N3O. The summed E-state index contributed by atoms with van der Waals surface area (Å²) in [6.45, 7) is 4.08. The van der Waals surface area contributed by atoms with Crippen molar-refractivity contribution in [1.82, 2.24) is 9.55 Å². The van der Waals surface area contributed by atoms with Crippen LogP contribution in [-0.4, -0.2) is 27.3 Å². The molecule has 1 aromatic heterocycles. The first kappa shape index (κ1) is 11.2. The Bertz CT molecular complexity index is 272. The first-order chi connectivity index (χ1) is 6.70. The quantitative estimate of drug-likeness (QED) is 0.735. The van der Waals surface area contributed by atoms with E-state index in [0.29, 0.717) is 0 Å². The van der Waals surface area contributed by atoms with E-state index in [9.17, 15) is 5.11 Å². The molecule has 0 saturated carbocycles. The first-order valence-electron chi connectivity index (χ1n) is 5.06. The highest BCUT2D eigenvalue weighted by molar-refractivity contribution is 4.94. The molecule has 0 aliphatic carbocycles. The molecule has 0 aromatic carbocycles. The van der Waals surface area contributed by atoms with Crippen LogP contribution in [0.4, 0.5) is 0 Å². The van der Waals surface area contributed by atoms with Crippen molar-refractivity contribution in [2.24, 2.45) is 5.73 Å². The van der Waals surface area contributed by atoms with Crippen LogP contribution in [0.5, 0.6) is 0 Å². The van der Waals surface area contributed by atoms with Gasteiger partial charge in [0, 0.05) is 18.4 Å². The maximum absolute atomic E-state index is 9.29. The molecule has 1 aromatic rings. The summed E-state index contributed by atoms with van der Waals surface area (Å²) in [5.41, 5.74) is 5.99. The van der Waals surface area contributed by atoms with E-state index in [2.05, 4.69) is 11.9 Å². The molecule has 0 amide bonds. The summed E-state index contributed by atoms with van der Waals surface area (Å²) in [5, 5.41) is 9.29. The van der Waals surface area contributed by atoms with Crippen molar-refractivity contribution in [2.75, 3.05) is 6.61 Å². The van der Waals surface area contributed by atoms with Crippen molar-refractivity contribution in [2.45, 2.75) is 38.8 Å². The number of aliphatic hydroxyl groups is 1. The molecule has 0 spiro atoms. The number of imidazole rings is 1. The van der Waals surface area contributed by atoms with E-state index in [-0.39, 0.29) is 18.7 Å². The fourth-order valence-corrected chi connectivity index (χ4v) is 1.69. The van der Waals surface area contributed by atoms with Gasteiger partial charge in [-0.3, -0.25) is 0 Å². The van der Waals surface area contributed by atoms with Crippen molar-refractivity contribution < 1.29 is 5.11 Å². The van der Waals surface area contributed by atoms with Gasteiger partial charge in [-0.25, -0.2) is 4.98 Å². The molecule has 0 radical (unpaired) electrons. The number of aryl methyl sites for hydroxylation is 1. The average molecular weight is 197 g/mol. The Labute approximate surface area is 84.8 Å². The zero-order chi connectivity index (χ0) is 10.6. The third-order valence-corrected chi connectivity index (χ3v) is 2.52. The summed E-state index contributed by atoms with van der Waals surface area (Å²) in [6, 6.07) is -0.0460. The second kappa shape index (κ2) is 5.12. The van der Waals surface area contributed by atoms with E-state index >= 15 is 0 Å². The molecule has 4 nitrogen and oxygen atoms in total. The summed E-state index contributed by atoms with van der Waals surface area (Å²) in [6.07, 6.45) is 5.55. The zero-order valence-electron chi connectivity index (χ0n) is 8.85. The number of nitrogens with zero attached hydrogens (tertiary/aromatic N) is 2. The van der Waals surface area contributed by atoms with Gasteiger partial charge in [0.15, 0.2) is 0 Å². The molecule has 2 unspecified atom stereocenters. The zero-order valence-corrected chi connectivity index (χ0v) is 8.85. The van der Waals surface area contributed by atoms with Crippen molar-refractivity contribution >= 4 is 0 Å². The third-order valence-electron chi connectivity index (χ3n) is 2.52. The number of hydrogen-bond acceptors (Lipinski definition) is 3. The molecular weight excluding hydrogens is 178 g/mol. The van der Waals surface area contributed by atoms with E-state index in [1.54, 1.807) is 6.20 Å². The monoisotopic (exact) mass is 197 g/mol. The predicted octanol–water partition coefficient (Wildman–Crippen LogP) is 0.852. The molecule has 80 valence electrons. The van der Waals surface area contributed by atoms with E-state index in [1.165, 1.54) is 0 Å². The fraction of sp³-hybridized carbons (Fsp3) is 0.700. The van der Waals surface area contributed by atoms with Crippen LogP contribution in [0.3, 0.4) is 0 Å². The van der Waals surface area contributed by atoms with Crippen LogP contribution < -0.4 is 5.73 Å². The lowest BCUT2D eigenvalue weighted by Crippen LogP contribution is -2.34. The minimum atomic E-state index is -0.0440. The van der Waals surface area contributed by atoms with Gasteiger partial charge in [0.25, 0.3) is 0 Å². The highest BCUT2D eigenvalue weighted by Gasteiger charge is 2.18. The van der Waals surface area contributed by atoms with Crippen LogP contribution in [0.2, 0.25) is 0 Å². The third kappa shape index (κ3) is 2.33. The maximum Gasteiger partial charge on any atom is 0.105 e. The second-order valence-electron chi connectivity index (χ2n) is 3.58. The Morgan fingerprint density at radius 3 is 2.79 bits per heavy atom. The Hall–Kier alpha value is -0.870. The van der Waals surface area contributed by atoms with Crippen LogP contribution in [0.1, 0.15) is 31.6 Å². The number of aromatic nitrogens is 2. The number of nitrogens with two attached hydrogens (primary N) is 1. The van der Waals surface area contributed by atoms with Crippen LogP contribution in [0.15, 0.2) is 12.4 Å². The molecule has 1 rings (SSSR count). The molecule has 0 fully saturated rings. The first-order valence-corrected chi connectivity index (χ1v) is 5.06. The Morgan fingerprint density at radius 1 is 1.64 bits per heavy atom. The van der Waals surface area contributed by atoms with Crippen molar-refractivity contribution in [3.05, 3.63) is 18.2 Å². The largest absolute Gasteiger partial charge is 0.394 e. The lowest BCUT2D eigenvalue weighted by molar-refractivity contribution is 0.200. The molecule has 0 saturated heterocycles. The van der Waals surface area contributed by atoms with Gasteiger partial charge in [-0.15, -0.1) is 0 Å². The molecule has 4 heteroatoms. The summed E-state index contributed by atoms with van der Waals surface area (Å²) >= 11 is 0. The van der Waals surface area contributed by atoms with Gasteiger partial charge in [0.2, 0.25) is 0 Å². The molecule has 2 atom stereocenters. The van der Waals surface area contributed by atoms with Gasteiger partial charge in [-0.2, -0.15) is 0 Å². The van der Waals surface area contributed by atoms with Crippen LogP contribution >= 0.6 is 0 Å². The van der Waals surface area contributed by atoms with Gasteiger partial charge in [0.05, 0.1) is 12.6 Å². The number of rotatable bonds is 5. The van der Waals surface area contributed by atoms with Crippen molar-refractivity contribution in [1.29, 1.82) is 0 Å². The topological polar surface area (TPSA) is 64.1 Å². The lowest BCUT2D eigenvalue weighted by atomic mass is 10.0. The summed E-state index contributed by atoms with van der Waals surface area (Å²) in [5.74, 6) is 0.899. The summed E-state index contributed by atoms with van der Waals surface area (Å²) < 4.78 is 1.94. The fourth-order valence-electron chi connectivity index (χ4n) is 1.69. The second-order valence-corrected chi connectivity index (χ2v) is 3.58. The van der Waals surface area contributed by atoms with Crippen LogP contribution in [-0.2, 0) is 0 Å². The molecule has 0 bridgehead atoms. The van der Waals surface area contributed by atoms with Crippen LogP contribution in [0, 0.1) is 6.92 Å². The maximum atomic E-state index is 9.29. The lowest BCUT2D eigenvalue weighted by Gasteiger charge is -2.24. The summed E-state index contributed by atoms with van der Waals surface area (Å²) in [7, 11) is 0. The number of hydrogen-bond donors (Lipinski definition) is 2. The minimum absolute atomic E-state index is 0.00194. The van der Waals surface area contributed by atoms with Gasteiger partial charge in [-0.05, 0) is 13.3 Å². The van der Waals surface area contributed by atoms with Crippen molar-refractivity contribution in [3.63, 3.8) is 0 Å². The SMILES string of the molecule is CCCC(N)C(CO)n1ccnc1C. The molecule has 3 N–H and O–H groups in total. The van der Waals surface area contributed by atoms with E-state index in [1.807, 2.05) is 17.7 Å². The smallest absolute Gasteiger partial charge is 0.105 e. The summed E-state index contributed by atoms with van der Waals surface area (Å²) in [4.78, 5) is 4.12. The predicted molar refractivity (Wildman–Crippen MR) is 56.0 cm³/mol. The Balaban J connectivity index is 2.76. The van der Waals surface area contributed by atoms with Gasteiger partial charge in [0.1, 0.15) is 5.82 Å². The molecule has 14 heavy (non-hydrogen) atoms. The van der Waals surface area contributed by atoms with Gasteiger partial charge >= 0.3 is 0 Å². The minimum Gasteiger partial charge on any atom is -0.394 e. The van der Waals surface area contributed by atoms with E-state index in [0.717, 1.165) is 18.7 Å². The van der Waals surface area contributed by atoms with Gasteiger partial charge < -0.3 is 15.4 Å².